The van der Waals surface area contributed by atoms with E-state index in [4.69, 9.17) is 0 Å². The van der Waals surface area contributed by atoms with E-state index in [2.05, 4.69) is 59.8 Å². The minimum absolute atomic E-state index is 0.0233. The second kappa shape index (κ2) is 16.3. The van der Waals surface area contributed by atoms with Gasteiger partial charge in [-0.3, -0.25) is 28.9 Å². The molecule has 2 saturated heterocycles. The van der Waals surface area contributed by atoms with E-state index in [1.807, 2.05) is 20.8 Å². The summed E-state index contributed by atoms with van der Waals surface area (Å²) in [6.07, 6.45) is 12.5. The number of rotatable bonds is 14. The second-order valence-corrected chi connectivity index (χ2v) is 22.5. The molecule has 5 amide bonds. The Morgan fingerprint density at radius 1 is 0.881 bits per heavy atom. The van der Waals surface area contributed by atoms with Crippen molar-refractivity contribution in [1.82, 2.24) is 34.8 Å². The van der Waals surface area contributed by atoms with Gasteiger partial charge < -0.3 is 20.9 Å². The quantitative estimate of drug-likeness (QED) is 0.190. The molecule has 6 fully saturated rings. The number of carbonyl (C=O) groups excluding carboxylic acids is 5. The van der Waals surface area contributed by atoms with Crippen LogP contribution in [0, 0.1) is 33.5 Å². The first kappa shape index (κ1) is 45.5. The standard InChI is InChI=1S/C44H73N7O7S/c1-11-30-25-44(30,39(56)48-59(57,58)49(10)12-2)47-36(53)32-26-43(41(8,9)42(43)22-18-23-42)27-51(32)38(55)34(40(5,6)7)46-37(54)33(29-19-14-13-15-20-29)45-35(52)31-21-16-17-24-50(31)28(3)4/h11,28-34H,1,12-27H2,2-10H3,(H,45,52)(H,46,54)(H,47,53)(H,48,56)/t30-,31-,32+,33+,34-,43-,44-/m1/s1. The van der Waals surface area contributed by atoms with Crippen LogP contribution in [0.15, 0.2) is 12.7 Å². The molecule has 0 bridgehead atoms. The lowest BCUT2D eigenvalue weighted by Gasteiger charge is -2.40. The minimum atomic E-state index is -4.16. The lowest BCUT2D eigenvalue weighted by atomic mass is 9.73. The first-order chi connectivity index (χ1) is 27.5. The molecule has 2 aliphatic heterocycles. The number of nitrogens with one attached hydrogen (secondary N) is 4. The van der Waals surface area contributed by atoms with Crippen LogP contribution < -0.4 is 20.7 Å². The van der Waals surface area contributed by atoms with Crippen LogP contribution in [0.1, 0.15) is 139 Å². The molecule has 0 radical (unpaired) electrons. The summed E-state index contributed by atoms with van der Waals surface area (Å²) in [4.78, 5) is 76.3. The fourth-order valence-corrected chi connectivity index (χ4v) is 12.8. The molecule has 2 heterocycles. The van der Waals surface area contributed by atoms with Gasteiger partial charge in [0.15, 0.2) is 0 Å². The van der Waals surface area contributed by atoms with Crippen LogP contribution in [0.3, 0.4) is 0 Å². The maximum atomic E-state index is 15.3. The maximum absolute atomic E-state index is 15.3. The zero-order valence-electron chi connectivity index (χ0n) is 37.2. The molecule has 0 aromatic carbocycles. The summed E-state index contributed by atoms with van der Waals surface area (Å²) >= 11 is 0. The summed E-state index contributed by atoms with van der Waals surface area (Å²) in [5.41, 5.74) is -2.83. The van der Waals surface area contributed by atoms with Gasteiger partial charge in [0.05, 0.1) is 6.04 Å². The molecule has 2 spiro atoms. The highest BCUT2D eigenvalue weighted by Crippen LogP contribution is 2.88. The SMILES string of the molecule is C=C[C@@H]1C[C@]1(NC(=O)[C@@H]1C[C@@]2(CN1C(=O)[C@@H](NC(=O)[C@@H](NC(=O)[C@H]1CCCCN1C(C)C)C1CCCCC1)C(C)(C)C)C(C)(C)C21CCC1)C(=O)NS(=O)(=O)N(C)CC. The number of hydrogen-bond acceptors (Lipinski definition) is 8. The van der Waals surface area contributed by atoms with E-state index in [0.29, 0.717) is 13.0 Å². The van der Waals surface area contributed by atoms with Crippen LogP contribution in [0.2, 0.25) is 0 Å². The first-order valence-corrected chi connectivity index (χ1v) is 23.9. The number of nitrogens with zero attached hydrogens (tertiary/aromatic N) is 3. The Morgan fingerprint density at radius 3 is 2.05 bits per heavy atom. The zero-order valence-corrected chi connectivity index (χ0v) is 38.1. The molecule has 4 N–H and O–H groups in total. The van der Waals surface area contributed by atoms with Gasteiger partial charge in [0.1, 0.15) is 23.7 Å². The zero-order chi connectivity index (χ0) is 43.5. The van der Waals surface area contributed by atoms with E-state index in [1.54, 1.807) is 17.9 Å². The van der Waals surface area contributed by atoms with Crippen LogP contribution in [-0.2, 0) is 34.2 Å². The number of amides is 5. The molecule has 15 heteroatoms. The average Bonchev–Trinajstić information content (AvgIpc) is 3.89. The number of carbonyl (C=O) groups is 5. The predicted molar refractivity (Wildman–Crippen MR) is 227 cm³/mol. The van der Waals surface area contributed by atoms with E-state index in [0.717, 1.165) is 81.5 Å². The number of likely N-dealkylation sites (tertiary alicyclic amines) is 2. The van der Waals surface area contributed by atoms with E-state index in [1.165, 1.54) is 7.05 Å². The van der Waals surface area contributed by atoms with Crippen molar-refractivity contribution in [3.63, 3.8) is 0 Å². The van der Waals surface area contributed by atoms with Crippen molar-refractivity contribution in [2.24, 2.45) is 33.5 Å². The molecule has 7 atom stereocenters. The molecule has 6 aliphatic rings. The summed E-state index contributed by atoms with van der Waals surface area (Å²) in [7, 11) is -2.80. The monoisotopic (exact) mass is 844 g/mol. The fraction of sp³-hybridized carbons (Fsp3) is 0.841. The van der Waals surface area contributed by atoms with Gasteiger partial charge in [-0.2, -0.15) is 12.7 Å². The highest BCUT2D eigenvalue weighted by molar-refractivity contribution is 7.87. The molecule has 4 aliphatic carbocycles. The third-order valence-corrected chi connectivity index (χ3v) is 17.7. The Balaban J connectivity index is 1.28. The normalized spacial score (nSPS) is 31.3. The highest BCUT2D eigenvalue weighted by Gasteiger charge is 2.85. The van der Waals surface area contributed by atoms with Gasteiger partial charge in [0, 0.05) is 37.5 Å². The van der Waals surface area contributed by atoms with Crippen molar-refractivity contribution in [1.29, 1.82) is 0 Å². The minimum Gasteiger partial charge on any atom is -0.343 e. The van der Waals surface area contributed by atoms with Crippen LogP contribution in [0.25, 0.3) is 0 Å². The van der Waals surface area contributed by atoms with Crippen LogP contribution >= 0.6 is 0 Å². The molecule has 0 aromatic rings. The summed E-state index contributed by atoms with van der Waals surface area (Å²) in [5.74, 6) is -2.85. The van der Waals surface area contributed by atoms with Crippen molar-refractivity contribution in [3.8, 4) is 0 Å². The number of piperidine rings is 1. The van der Waals surface area contributed by atoms with Crippen molar-refractivity contribution in [2.75, 3.05) is 26.7 Å². The molecule has 0 aromatic heterocycles. The van der Waals surface area contributed by atoms with Crippen molar-refractivity contribution in [2.45, 2.75) is 175 Å². The average molecular weight is 844 g/mol. The molecule has 14 nitrogen and oxygen atoms in total. The Kier molecular flexibility index (Phi) is 12.6. The molecule has 6 rings (SSSR count). The van der Waals surface area contributed by atoms with Crippen LogP contribution in [-0.4, -0.2) is 114 Å². The molecule has 59 heavy (non-hydrogen) atoms. The van der Waals surface area contributed by atoms with Crippen LogP contribution in [0.4, 0.5) is 0 Å². The lowest BCUT2D eigenvalue weighted by molar-refractivity contribution is -0.145. The third kappa shape index (κ3) is 7.87. The molecule has 0 unspecified atom stereocenters. The summed E-state index contributed by atoms with van der Waals surface area (Å²) in [5, 5.41) is 9.28. The number of fused-ring (bicyclic) bond motifs is 1. The van der Waals surface area contributed by atoms with Gasteiger partial charge in [-0.05, 0) is 93.9 Å². The summed E-state index contributed by atoms with van der Waals surface area (Å²) < 4.78 is 29.0. The van der Waals surface area contributed by atoms with Crippen LogP contribution in [0.5, 0.6) is 0 Å². The van der Waals surface area contributed by atoms with Gasteiger partial charge in [0.2, 0.25) is 23.6 Å². The van der Waals surface area contributed by atoms with E-state index in [-0.39, 0.29) is 64.9 Å². The smallest absolute Gasteiger partial charge is 0.303 e. The molecular formula is C44H73N7O7S. The topological polar surface area (TPSA) is 177 Å². The van der Waals surface area contributed by atoms with Gasteiger partial charge in [0.25, 0.3) is 5.91 Å². The lowest BCUT2D eigenvalue weighted by Crippen LogP contribution is -2.63. The number of hydrogen-bond donors (Lipinski definition) is 4. The van der Waals surface area contributed by atoms with Gasteiger partial charge in [-0.25, -0.2) is 4.72 Å². The Morgan fingerprint density at radius 2 is 1.53 bits per heavy atom. The fourth-order valence-electron chi connectivity index (χ4n) is 11.9. The Hall–Kier alpha value is -3.04. The van der Waals surface area contributed by atoms with Crippen molar-refractivity contribution in [3.05, 3.63) is 12.7 Å². The molecular weight excluding hydrogens is 771 g/mol. The van der Waals surface area contributed by atoms with E-state index in [9.17, 15) is 27.6 Å². The Labute approximate surface area is 353 Å². The summed E-state index contributed by atoms with van der Waals surface area (Å²) in [6.45, 7) is 21.1. The van der Waals surface area contributed by atoms with Gasteiger partial charge in [-0.1, -0.05) is 79.7 Å². The van der Waals surface area contributed by atoms with Gasteiger partial charge >= 0.3 is 10.2 Å². The highest BCUT2D eigenvalue weighted by atomic mass is 32.2. The van der Waals surface area contributed by atoms with Gasteiger partial charge in [-0.15, -0.1) is 6.58 Å². The predicted octanol–water partition coefficient (Wildman–Crippen LogP) is 4.02. The Bertz CT molecular complexity index is 1780. The third-order valence-electron chi connectivity index (χ3n) is 16.1. The maximum Gasteiger partial charge on any atom is 0.303 e. The molecule has 4 saturated carbocycles. The van der Waals surface area contributed by atoms with Crippen molar-refractivity contribution < 1.29 is 32.4 Å². The largest absolute Gasteiger partial charge is 0.343 e. The first-order valence-electron chi connectivity index (χ1n) is 22.4. The molecule has 332 valence electrons. The summed E-state index contributed by atoms with van der Waals surface area (Å²) in [6, 6.07) is -2.95. The van der Waals surface area contributed by atoms with E-state index < -0.39 is 57.0 Å². The van der Waals surface area contributed by atoms with E-state index >= 15 is 4.79 Å². The second-order valence-electron chi connectivity index (χ2n) is 20.7. The van der Waals surface area contributed by atoms with Crippen molar-refractivity contribution >= 4 is 39.7 Å².